The van der Waals surface area contributed by atoms with E-state index in [0.29, 0.717) is 6.54 Å². The molecule has 2 rings (SSSR count). The molecule has 0 spiro atoms. The molecule has 2 aromatic rings. The van der Waals surface area contributed by atoms with Crippen molar-refractivity contribution in [3.63, 3.8) is 0 Å². The molecule has 0 radical (unpaired) electrons. The SMILES string of the molecule is COc1ccc(CCc2n[nH]c(CCN)n2)cc1.Cl. The summed E-state index contributed by atoms with van der Waals surface area (Å²) in [5.41, 5.74) is 6.71. The van der Waals surface area contributed by atoms with E-state index in [9.17, 15) is 0 Å². The van der Waals surface area contributed by atoms with E-state index in [0.717, 1.165) is 36.7 Å². The number of aromatic nitrogens is 3. The van der Waals surface area contributed by atoms with Crippen LogP contribution in [0.25, 0.3) is 0 Å². The van der Waals surface area contributed by atoms with Gasteiger partial charge in [-0.1, -0.05) is 12.1 Å². The van der Waals surface area contributed by atoms with E-state index in [1.807, 2.05) is 12.1 Å². The van der Waals surface area contributed by atoms with Crippen LogP contribution in [0.1, 0.15) is 17.2 Å². The fraction of sp³-hybridized carbons (Fsp3) is 0.385. The van der Waals surface area contributed by atoms with Crippen LogP contribution in [0, 0.1) is 0 Å². The summed E-state index contributed by atoms with van der Waals surface area (Å²) < 4.78 is 5.12. The number of nitrogens with one attached hydrogen (secondary N) is 1. The molecular weight excluding hydrogens is 264 g/mol. The van der Waals surface area contributed by atoms with Crippen molar-refractivity contribution in [2.75, 3.05) is 13.7 Å². The molecule has 1 heterocycles. The van der Waals surface area contributed by atoms with Crippen LogP contribution >= 0.6 is 12.4 Å². The molecule has 0 aliphatic heterocycles. The summed E-state index contributed by atoms with van der Waals surface area (Å²) in [5, 5.41) is 7.07. The van der Waals surface area contributed by atoms with E-state index in [1.54, 1.807) is 7.11 Å². The Morgan fingerprint density at radius 3 is 2.53 bits per heavy atom. The lowest BCUT2D eigenvalue weighted by atomic mass is 10.1. The molecule has 1 aromatic carbocycles. The van der Waals surface area contributed by atoms with Gasteiger partial charge in [-0.05, 0) is 30.7 Å². The second kappa shape index (κ2) is 7.76. The third kappa shape index (κ3) is 4.54. The molecule has 1 aromatic heterocycles. The van der Waals surface area contributed by atoms with Gasteiger partial charge in [0.25, 0.3) is 0 Å². The van der Waals surface area contributed by atoms with Crippen LogP contribution in [0.4, 0.5) is 0 Å². The van der Waals surface area contributed by atoms with Crippen molar-refractivity contribution in [3.8, 4) is 5.75 Å². The summed E-state index contributed by atoms with van der Waals surface area (Å²) in [7, 11) is 1.67. The minimum atomic E-state index is 0. The summed E-state index contributed by atoms with van der Waals surface area (Å²) >= 11 is 0. The highest BCUT2D eigenvalue weighted by atomic mass is 35.5. The van der Waals surface area contributed by atoms with Crippen LogP contribution in [-0.2, 0) is 19.3 Å². The van der Waals surface area contributed by atoms with Gasteiger partial charge >= 0.3 is 0 Å². The smallest absolute Gasteiger partial charge is 0.151 e. The highest BCUT2D eigenvalue weighted by Gasteiger charge is 2.03. The van der Waals surface area contributed by atoms with Crippen molar-refractivity contribution in [3.05, 3.63) is 41.5 Å². The lowest BCUT2D eigenvalue weighted by molar-refractivity contribution is 0.414. The Morgan fingerprint density at radius 2 is 1.89 bits per heavy atom. The zero-order valence-electron chi connectivity index (χ0n) is 10.9. The molecule has 0 aliphatic carbocycles. The molecule has 3 N–H and O–H groups in total. The number of halogens is 1. The summed E-state index contributed by atoms with van der Waals surface area (Å²) in [6.07, 6.45) is 2.49. The van der Waals surface area contributed by atoms with Crippen LogP contribution < -0.4 is 10.5 Å². The van der Waals surface area contributed by atoms with E-state index in [-0.39, 0.29) is 12.4 Å². The summed E-state index contributed by atoms with van der Waals surface area (Å²) in [6.45, 7) is 0.590. The number of methoxy groups -OCH3 is 1. The van der Waals surface area contributed by atoms with Crippen LogP contribution in [0.3, 0.4) is 0 Å². The topological polar surface area (TPSA) is 76.8 Å². The second-order valence-corrected chi connectivity index (χ2v) is 4.09. The summed E-state index contributed by atoms with van der Waals surface area (Å²) in [4.78, 5) is 4.38. The van der Waals surface area contributed by atoms with E-state index in [2.05, 4.69) is 27.3 Å². The number of rotatable bonds is 6. The van der Waals surface area contributed by atoms with Gasteiger partial charge in [0.2, 0.25) is 0 Å². The van der Waals surface area contributed by atoms with E-state index >= 15 is 0 Å². The van der Waals surface area contributed by atoms with Gasteiger partial charge < -0.3 is 10.5 Å². The normalized spacial score (nSPS) is 10.0. The molecule has 5 nitrogen and oxygen atoms in total. The number of aromatic amines is 1. The van der Waals surface area contributed by atoms with Gasteiger partial charge in [0.1, 0.15) is 11.6 Å². The third-order valence-electron chi connectivity index (χ3n) is 2.76. The Hall–Kier alpha value is -1.59. The number of H-pyrrole nitrogens is 1. The first kappa shape index (κ1) is 15.5. The molecule has 0 aliphatic rings. The number of hydrogen-bond acceptors (Lipinski definition) is 4. The van der Waals surface area contributed by atoms with Crippen LogP contribution in [0.15, 0.2) is 24.3 Å². The van der Waals surface area contributed by atoms with E-state index < -0.39 is 0 Å². The highest BCUT2D eigenvalue weighted by molar-refractivity contribution is 5.85. The summed E-state index contributed by atoms with van der Waals surface area (Å²) in [5.74, 6) is 2.58. The molecule has 0 saturated heterocycles. The number of benzene rings is 1. The van der Waals surface area contributed by atoms with Gasteiger partial charge in [-0.25, -0.2) is 4.98 Å². The quantitative estimate of drug-likeness (QED) is 0.842. The van der Waals surface area contributed by atoms with Gasteiger partial charge in [-0.15, -0.1) is 12.4 Å². The predicted molar refractivity (Wildman–Crippen MR) is 76.8 cm³/mol. The van der Waals surface area contributed by atoms with Gasteiger partial charge in [0.15, 0.2) is 5.82 Å². The predicted octanol–water partition coefficient (Wildman–Crippen LogP) is 1.52. The molecule has 0 fully saturated rings. The monoisotopic (exact) mass is 282 g/mol. The van der Waals surface area contributed by atoms with E-state index in [1.165, 1.54) is 5.56 Å². The first-order valence-corrected chi connectivity index (χ1v) is 6.05. The van der Waals surface area contributed by atoms with Crippen molar-refractivity contribution in [1.82, 2.24) is 15.2 Å². The van der Waals surface area contributed by atoms with Crippen molar-refractivity contribution in [1.29, 1.82) is 0 Å². The molecule has 19 heavy (non-hydrogen) atoms. The van der Waals surface area contributed by atoms with Crippen LogP contribution in [0.5, 0.6) is 5.75 Å². The molecule has 104 valence electrons. The molecule has 0 amide bonds. The van der Waals surface area contributed by atoms with Gasteiger partial charge in [-0.3, -0.25) is 5.10 Å². The Morgan fingerprint density at radius 1 is 1.16 bits per heavy atom. The molecule has 0 bridgehead atoms. The maximum Gasteiger partial charge on any atom is 0.151 e. The molecule has 0 unspecified atom stereocenters. The second-order valence-electron chi connectivity index (χ2n) is 4.09. The first-order chi connectivity index (χ1) is 8.81. The van der Waals surface area contributed by atoms with Crippen molar-refractivity contribution >= 4 is 12.4 Å². The van der Waals surface area contributed by atoms with Crippen LogP contribution in [0.2, 0.25) is 0 Å². The molecule has 6 heteroatoms. The number of hydrogen-bond donors (Lipinski definition) is 2. The van der Waals surface area contributed by atoms with E-state index in [4.69, 9.17) is 10.5 Å². The number of nitrogens with zero attached hydrogens (tertiary/aromatic N) is 2. The number of nitrogens with two attached hydrogens (primary N) is 1. The number of ether oxygens (including phenoxy) is 1. The molecule has 0 atom stereocenters. The standard InChI is InChI=1S/C13H18N4O.ClH/c1-18-11-5-2-10(3-6-11)4-7-12-15-13(8-9-14)17-16-12;/h2-3,5-6H,4,7-9,14H2,1H3,(H,15,16,17);1H. The highest BCUT2D eigenvalue weighted by Crippen LogP contribution is 2.12. The third-order valence-corrected chi connectivity index (χ3v) is 2.76. The molecular formula is C13H19ClN4O. The number of aryl methyl sites for hydroxylation is 2. The van der Waals surface area contributed by atoms with Crippen molar-refractivity contribution < 1.29 is 4.74 Å². The first-order valence-electron chi connectivity index (χ1n) is 6.05. The Bertz CT molecular complexity index is 484. The maximum absolute atomic E-state index is 5.46. The zero-order chi connectivity index (χ0) is 12.8. The van der Waals surface area contributed by atoms with Crippen molar-refractivity contribution in [2.45, 2.75) is 19.3 Å². The fourth-order valence-corrected chi connectivity index (χ4v) is 1.74. The lowest BCUT2D eigenvalue weighted by Gasteiger charge is -2.01. The average molecular weight is 283 g/mol. The minimum absolute atomic E-state index is 0. The Kier molecular flexibility index (Phi) is 6.32. The van der Waals surface area contributed by atoms with Crippen LogP contribution in [-0.4, -0.2) is 28.8 Å². The zero-order valence-corrected chi connectivity index (χ0v) is 11.7. The maximum atomic E-state index is 5.46. The van der Waals surface area contributed by atoms with Gasteiger partial charge in [0, 0.05) is 12.8 Å². The van der Waals surface area contributed by atoms with Crippen molar-refractivity contribution in [2.24, 2.45) is 5.73 Å². The largest absolute Gasteiger partial charge is 0.497 e. The van der Waals surface area contributed by atoms with Gasteiger partial charge in [0.05, 0.1) is 7.11 Å². The molecule has 0 saturated carbocycles. The Labute approximate surface area is 119 Å². The van der Waals surface area contributed by atoms with Gasteiger partial charge in [-0.2, -0.15) is 5.10 Å². The fourth-order valence-electron chi connectivity index (χ4n) is 1.74. The average Bonchev–Trinajstić information content (AvgIpc) is 2.85. The lowest BCUT2D eigenvalue weighted by Crippen LogP contribution is -2.04. The Balaban J connectivity index is 0.00000180. The minimum Gasteiger partial charge on any atom is -0.497 e. The summed E-state index contributed by atoms with van der Waals surface area (Å²) in [6, 6.07) is 8.05.